The van der Waals surface area contributed by atoms with Gasteiger partial charge in [0.15, 0.2) is 0 Å². The van der Waals surface area contributed by atoms with E-state index in [4.69, 9.17) is 9.72 Å². The summed E-state index contributed by atoms with van der Waals surface area (Å²) in [5, 5.41) is 4.02. The molecule has 1 aliphatic carbocycles. The summed E-state index contributed by atoms with van der Waals surface area (Å²) >= 11 is 0. The molecule has 1 aliphatic heterocycles. The van der Waals surface area contributed by atoms with Crippen molar-refractivity contribution in [3.63, 3.8) is 0 Å². The molecule has 2 fully saturated rings. The number of hydrogen-bond donors (Lipinski definition) is 1. The van der Waals surface area contributed by atoms with Crippen LogP contribution in [0.2, 0.25) is 0 Å². The van der Waals surface area contributed by atoms with Crippen molar-refractivity contribution < 1.29 is 9.53 Å². The highest BCUT2D eigenvalue weighted by Gasteiger charge is 2.29. The number of benzene rings is 2. The van der Waals surface area contributed by atoms with Gasteiger partial charge in [0.25, 0.3) is 5.91 Å². The van der Waals surface area contributed by atoms with E-state index in [-0.39, 0.29) is 18.1 Å². The quantitative estimate of drug-likeness (QED) is 0.733. The van der Waals surface area contributed by atoms with Crippen molar-refractivity contribution in [1.82, 2.24) is 10.3 Å². The van der Waals surface area contributed by atoms with Crippen LogP contribution >= 0.6 is 0 Å². The van der Waals surface area contributed by atoms with E-state index in [9.17, 15) is 4.79 Å². The zero-order valence-corrected chi connectivity index (χ0v) is 16.5. The molecule has 2 aromatic carbocycles. The van der Waals surface area contributed by atoms with Gasteiger partial charge in [-0.1, -0.05) is 48.5 Å². The van der Waals surface area contributed by atoms with E-state index in [0.29, 0.717) is 18.2 Å². The third-order valence-electron chi connectivity index (χ3n) is 5.62. The number of para-hydroxylation sites is 1. The molecule has 3 aromatic rings. The van der Waals surface area contributed by atoms with Crippen molar-refractivity contribution >= 4 is 22.6 Å². The molecule has 1 saturated heterocycles. The SMILES string of the molecule is CC1CN(c2cc(C(=O)NC3CC3)c3ccccc3n2)CC(c2ccccc2)O1. The number of amides is 1. The number of morpholine rings is 1. The Labute approximate surface area is 170 Å². The average Bonchev–Trinajstić information content (AvgIpc) is 3.57. The Bertz CT molecular complexity index is 1030. The first-order valence-corrected chi connectivity index (χ1v) is 10.3. The summed E-state index contributed by atoms with van der Waals surface area (Å²) in [4.78, 5) is 20.0. The van der Waals surface area contributed by atoms with Crippen molar-refractivity contribution in [2.24, 2.45) is 0 Å². The highest BCUT2D eigenvalue weighted by molar-refractivity contribution is 6.07. The first kappa shape index (κ1) is 18.1. The molecule has 1 saturated carbocycles. The molecule has 5 rings (SSSR count). The lowest BCUT2D eigenvalue weighted by Gasteiger charge is -2.38. The number of hydrogen-bond acceptors (Lipinski definition) is 4. The van der Waals surface area contributed by atoms with Crippen LogP contribution in [0.25, 0.3) is 10.9 Å². The Morgan fingerprint density at radius 2 is 1.83 bits per heavy atom. The number of fused-ring (bicyclic) bond motifs is 1. The Morgan fingerprint density at radius 1 is 1.07 bits per heavy atom. The average molecular weight is 387 g/mol. The number of carbonyl (C=O) groups excluding carboxylic acids is 1. The summed E-state index contributed by atoms with van der Waals surface area (Å²) in [6.45, 7) is 3.55. The summed E-state index contributed by atoms with van der Waals surface area (Å²) in [7, 11) is 0. The van der Waals surface area contributed by atoms with Gasteiger partial charge in [0, 0.05) is 24.5 Å². The van der Waals surface area contributed by atoms with Crippen LogP contribution in [0.5, 0.6) is 0 Å². The van der Waals surface area contributed by atoms with Gasteiger partial charge in [-0.15, -0.1) is 0 Å². The smallest absolute Gasteiger partial charge is 0.252 e. The molecular weight excluding hydrogens is 362 g/mol. The Kier molecular flexibility index (Phi) is 4.68. The number of nitrogens with zero attached hydrogens (tertiary/aromatic N) is 2. The molecule has 2 unspecified atom stereocenters. The predicted octanol–water partition coefficient (Wildman–Crippen LogP) is 4.09. The van der Waals surface area contributed by atoms with Crippen LogP contribution in [-0.4, -0.2) is 36.1 Å². The second kappa shape index (κ2) is 7.48. The first-order chi connectivity index (χ1) is 14.2. The number of pyridine rings is 1. The lowest BCUT2D eigenvalue weighted by atomic mass is 10.1. The normalized spacial score (nSPS) is 21.9. The zero-order valence-electron chi connectivity index (χ0n) is 16.5. The first-order valence-electron chi connectivity index (χ1n) is 10.3. The fourth-order valence-corrected chi connectivity index (χ4v) is 3.99. The Morgan fingerprint density at radius 3 is 2.62 bits per heavy atom. The van der Waals surface area contributed by atoms with Gasteiger partial charge in [-0.05, 0) is 37.5 Å². The number of anilines is 1. The zero-order chi connectivity index (χ0) is 19.8. The maximum absolute atomic E-state index is 12.9. The molecule has 1 aromatic heterocycles. The van der Waals surface area contributed by atoms with E-state index in [1.54, 1.807) is 0 Å². The molecule has 0 spiro atoms. The van der Waals surface area contributed by atoms with Crippen LogP contribution in [-0.2, 0) is 4.74 Å². The molecule has 0 bridgehead atoms. The molecule has 5 heteroatoms. The number of ether oxygens (including phenoxy) is 1. The molecule has 29 heavy (non-hydrogen) atoms. The molecular formula is C24H25N3O2. The van der Waals surface area contributed by atoms with E-state index in [0.717, 1.165) is 41.7 Å². The van der Waals surface area contributed by atoms with E-state index in [2.05, 4.69) is 29.3 Å². The molecule has 2 aliphatic rings. The van der Waals surface area contributed by atoms with Crippen LogP contribution < -0.4 is 10.2 Å². The van der Waals surface area contributed by atoms with Gasteiger partial charge >= 0.3 is 0 Å². The topological polar surface area (TPSA) is 54.5 Å². The highest BCUT2D eigenvalue weighted by Crippen LogP contribution is 2.30. The number of rotatable bonds is 4. The second-order valence-corrected chi connectivity index (χ2v) is 8.04. The highest BCUT2D eigenvalue weighted by atomic mass is 16.5. The van der Waals surface area contributed by atoms with Gasteiger partial charge < -0.3 is 15.0 Å². The van der Waals surface area contributed by atoms with Gasteiger partial charge in [0.2, 0.25) is 0 Å². The number of nitrogens with one attached hydrogen (secondary N) is 1. The summed E-state index contributed by atoms with van der Waals surface area (Å²) in [6.07, 6.45) is 2.20. The number of aromatic nitrogens is 1. The van der Waals surface area contributed by atoms with Crippen molar-refractivity contribution in [3.05, 3.63) is 71.8 Å². The van der Waals surface area contributed by atoms with Crippen LogP contribution in [0, 0.1) is 0 Å². The minimum atomic E-state index is -0.0167. The maximum atomic E-state index is 12.9. The Balaban J connectivity index is 1.51. The van der Waals surface area contributed by atoms with Gasteiger partial charge in [-0.2, -0.15) is 0 Å². The van der Waals surface area contributed by atoms with Gasteiger partial charge in [0.05, 0.1) is 17.2 Å². The van der Waals surface area contributed by atoms with Gasteiger partial charge in [0.1, 0.15) is 11.9 Å². The predicted molar refractivity (Wildman–Crippen MR) is 114 cm³/mol. The van der Waals surface area contributed by atoms with Crippen LogP contribution in [0.15, 0.2) is 60.7 Å². The monoisotopic (exact) mass is 387 g/mol. The van der Waals surface area contributed by atoms with Crippen LogP contribution in [0.1, 0.15) is 41.8 Å². The maximum Gasteiger partial charge on any atom is 0.252 e. The second-order valence-electron chi connectivity index (χ2n) is 8.04. The van der Waals surface area contributed by atoms with Gasteiger partial charge in [-0.3, -0.25) is 4.79 Å². The fraction of sp³-hybridized carbons (Fsp3) is 0.333. The molecule has 5 nitrogen and oxygen atoms in total. The minimum absolute atomic E-state index is 0.00623. The lowest BCUT2D eigenvalue weighted by molar-refractivity contribution is -0.0175. The summed E-state index contributed by atoms with van der Waals surface area (Å²) in [5.41, 5.74) is 2.71. The van der Waals surface area contributed by atoms with Crippen LogP contribution in [0.3, 0.4) is 0 Å². The Hall–Kier alpha value is -2.92. The van der Waals surface area contributed by atoms with E-state index in [1.807, 2.05) is 48.5 Å². The third kappa shape index (κ3) is 3.83. The molecule has 2 atom stereocenters. The van der Waals surface area contributed by atoms with Crippen molar-refractivity contribution in [1.29, 1.82) is 0 Å². The number of carbonyl (C=O) groups is 1. The third-order valence-corrected chi connectivity index (χ3v) is 5.62. The van der Waals surface area contributed by atoms with E-state index in [1.165, 1.54) is 0 Å². The minimum Gasteiger partial charge on any atom is -0.367 e. The largest absolute Gasteiger partial charge is 0.367 e. The van der Waals surface area contributed by atoms with Crippen molar-refractivity contribution in [2.75, 3.05) is 18.0 Å². The fourth-order valence-electron chi connectivity index (χ4n) is 3.99. The molecule has 1 N–H and O–H groups in total. The van der Waals surface area contributed by atoms with Gasteiger partial charge in [-0.25, -0.2) is 4.98 Å². The summed E-state index contributed by atoms with van der Waals surface area (Å²) in [5.74, 6) is 0.828. The summed E-state index contributed by atoms with van der Waals surface area (Å²) in [6, 6.07) is 20.4. The summed E-state index contributed by atoms with van der Waals surface area (Å²) < 4.78 is 6.20. The van der Waals surface area contributed by atoms with E-state index < -0.39 is 0 Å². The van der Waals surface area contributed by atoms with Crippen molar-refractivity contribution in [3.8, 4) is 0 Å². The lowest BCUT2D eigenvalue weighted by Crippen LogP contribution is -2.43. The standard InChI is InChI=1S/C24H25N3O2/c1-16-14-27(15-22(29-16)17-7-3-2-4-8-17)23-13-20(24(28)25-18-11-12-18)19-9-5-6-10-21(19)26-23/h2-10,13,16,18,22H,11-12,14-15H2,1H3,(H,25,28). The molecule has 1 amide bonds. The van der Waals surface area contributed by atoms with Crippen LogP contribution in [0.4, 0.5) is 5.82 Å². The van der Waals surface area contributed by atoms with E-state index >= 15 is 0 Å². The molecule has 148 valence electrons. The molecule has 0 radical (unpaired) electrons. The molecule has 2 heterocycles. The van der Waals surface area contributed by atoms with Crippen molar-refractivity contribution in [2.45, 2.75) is 38.0 Å².